The van der Waals surface area contributed by atoms with Gasteiger partial charge >= 0.3 is 0 Å². The number of benzene rings is 4. The second-order valence-electron chi connectivity index (χ2n) is 10.4. The van der Waals surface area contributed by atoms with E-state index >= 15 is 0 Å². The fourth-order valence-corrected chi connectivity index (χ4v) is 6.97. The lowest BCUT2D eigenvalue weighted by molar-refractivity contribution is 0.0394. The number of aromatic amines is 2. The van der Waals surface area contributed by atoms with E-state index in [1.807, 2.05) is 24.2 Å². The van der Waals surface area contributed by atoms with Gasteiger partial charge in [0.25, 0.3) is 0 Å². The van der Waals surface area contributed by atoms with Gasteiger partial charge in [0.15, 0.2) is 0 Å². The molecule has 1 saturated heterocycles. The molecule has 8 heteroatoms. The smallest absolute Gasteiger partial charge is 0.0650 e. The Morgan fingerprint density at radius 2 is 1.18 bits per heavy atom. The Labute approximate surface area is 236 Å². The third-order valence-electron chi connectivity index (χ3n) is 8.01. The first-order chi connectivity index (χ1) is 19.8. The largest absolute Gasteiger partial charge is 0.379 e. The molecule has 0 bridgehead atoms. The molecule has 0 aliphatic carbocycles. The van der Waals surface area contributed by atoms with E-state index in [-0.39, 0.29) is 0 Å². The Hall–Kier alpha value is -4.11. The van der Waals surface area contributed by atoms with E-state index in [9.17, 15) is 0 Å². The summed E-state index contributed by atoms with van der Waals surface area (Å²) >= 11 is 1.86. The van der Waals surface area contributed by atoms with Gasteiger partial charge in [0, 0.05) is 46.7 Å². The van der Waals surface area contributed by atoms with Gasteiger partial charge in [0.05, 0.1) is 48.0 Å². The number of nitrogens with one attached hydrogen (secondary N) is 2. The van der Waals surface area contributed by atoms with Gasteiger partial charge in [0.2, 0.25) is 0 Å². The van der Waals surface area contributed by atoms with Crippen LogP contribution in [0.15, 0.2) is 95.0 Å². The van der Waals surface area contributed by atoms with E-state index in [4.69, 9.17) is 4.74 Å². The number of hydrogen-bond acceptors (Lipinski definition) is 6. The van der Waals surface area contributed by atoms with Crippen molar-refractivity contribution >= 4 is 44.9 Å². The molecule has 0 unspecified atom stereocenters. The minimum absolute atomic E-state index is 0.817. The summed E-state index contributed by atoms with van der Waals surface area (Å²) in [5, 5.41) is 16.7. The zero-order chi connectivity index (χ0) is 26.5. The van der Waals surface area contributed by atoms with Crippen molar-refractivity contribution in [3.05, 3.63) is 85.2 Å². The van der Waals surface area contributed by atoms with E-state index in [1.165, 1.54) is 43.4 Å². The Bertz CT molecular complexity index is 1730. The molecule has 0 spiro atoms. The second kappa shape index (κ2) is 9.82. The molecule has 6 aromatic rings. The molecule has 0 saturated carbocycles. The van der Waals surface area contributed by atoms with Gasteiger partial charge in [-0.05, 0) is 70.8 Å². The molecule has 2 aliphatic heterocycles. The van der Waals surface area contributed by atoms with Gasteiger partial charge in [0.1, 0.15) is 0 Å². The predicted octanol–water partition coefficient (Wildman–Crippen LogP) is 6.71. The molecule has 0 radical (unpaired) electrons. The molecule has 8 rings (SSSR count). The molecule has 4 heterocycles. The van der Waals surface area contributed by atoms with Gasteiger partial charge in [-0.2, -0.15) is 10.2 Å². The standard InChI is InChI=1S/C32H28N6OS/c1-5-27-25(19-33-35-27)15-21(1)23-3-7-29-31(17-23)40-32-18-24(22-2-6-28-26(16-22)20-34-36-28)4-8-30(32)38(29)10-9-37-11-13-39-14-12-37/h1-8,15-20H,9-14H2,(H,33,35)(H,34,36). The van der Waals surface area contributed by atoms with E-state index in [1.54, 1.807) is 0 Å². The molecule has 2 aliphatic rings. The molecular weight excluding hydrogens is 516 g/mol. The summed E-state index contributed by atoms with van der Waals surface area (Å²) < 4.78 is 5.59. The maximum absolute atomic E-state index is 5.59. The summed E-state index contributed by atoms with van der Waals surface area (Å²) in [5.41, 5.74) is 9.48. The molecule has 0 atom stereocenters. The molecule has 1 fully saturated rings. The third kappa shape index (κ3) is 4.25. The summed E-state index contributed by atoms with van der Waals surface area (Å²) in [6, 6.07) is 26.8. The monoisotopic (exact) mass is 544 g/mol. The van der Waals surface area contributed by atoms with E-state index in [2.05, 4.69) is 103 Å². The van der Waals surface area contributed by atoms with Crippen LogP contribution >= 0.6 is 11.8 Å². The number of hydrogen-bond donors (Lipinski definition) is 2. The lowest BCUT2D eigenvalue weighted by Gasteiger charge is -2.36. The molecular formula is C32H28N6OS. The van der Waals surface area contributed by atoms with Crippen molar-refractivity contribution in [3.8, 4) is 22.3 Å². The summed E-state index contributed by atoms with van der Waals surface area (Å²) in [5.74, 6) is 0. The SMILES string of the molecule is c1cc2c(cc1-c1ccc3[nH]ncc3c1)Sc1cc(-c3ccc4[nH]ncc4c3)ccc1N2CCN1CCOCC1. The lowest BCUT2D eigenvalue weighted by atomic mass is 10.0. The first-order valence-corrected chi connectivity index (χ1v) is 14.5. The molecule has 198 valence electrons. The van der Waals surface area contributed by atoms with Crippen LogP contribution in [0.4, 0.5) is 11.4 Å². The minimum Gasteiger partial charge on any atom is -0.379 e. The number of rotatable bonds is 5. The van der Waals surface area contributed by atoms with Crippen LogP contribution in [0, 0.1) is 0 Å². The van der Waals surface area contributed by atoms with E-state index < -0.39 is 0 Å². The van der Waals surface area contributed by atoms with Crippen molar-refractivity contribution in [2.75, 3.05) is 44.3 Å². The quantitative estimate of drug-likeness (QED) is 0.251. The third-order valence-corrected chi connectivity index (χ3v) is 9.11. The number of fused-ring (bicyclic) bond motifs is 4. The number of anilines is 2. The molecule has 4 aromatic carbocycles. The Morgan fingerprint density at radius 1 is 0.650 bits per heavy atom. The zero-order valence-corrected chi connectivity index (χ0v) is 22.7. The van der Waals surface area contributed by atoms with Gasteiger partial charge in [-0.15, -0.1) is 0 Å². The molecule has 40 heavy (non-hydrogen) atoms. The Morgan fingerprint density at radius 3 is 1.75 bits per heavy atom. The van der Waals surface area contributed by atoms with Crippen molar-refractivity contribution in [2.24, 2.45) is 0 Å². The van der Waals surface area contributed by atoms with Crippen LogP contribution in [0.25, 0.3) is 44.1 Å². The van der Waals surface area contributed by atoms with Crippen molar-refractivity contribution in [2.45, 2.75) is 9.79 Å². The highest BCUT2D eigenvalue weighted by Crippen LogP contribution is 2.50. The second-order valence-corrected chi connectivity index (χ2v) is 11.5. The highest BCUT2D eigenvalue weighted by atomic mass is 32.2. The van der Waals surface area contributed by atoms with Crippen LogP contribution in [0.3, 0.4) is 0 Å². The molecule has 2 N–H and O–H groups in total. The van der Waals surface area contributed by atoms with Crippen molar-refractivity contribution < 1.29 is 4.74 Å². The summed E-state index contributed by atoms with van der Waals surface area (Å²) in [6.07, 6.45) is 3.77. The number of H-pyrrole nitrogens is 2. The summed E-state index contributed by atoms with van der Waals surface area (Å²) in [4.78, 5) is 7.57. The molecule has 0 amide bonds. The van der Waals surface area contributed by atoms with Crippen LogP contribution in [0.5, 0.6) is 0 Å². The van der Waals surface area contributed by atoms with E-state index in [0.29, 0.717) is 0 Å². The minimum atomic E-state index is 0.817. The fourth-order valence-electron chi connectivity index (χ4n) is 5.80. The van der Waals surface area contributed by atoms with Gasteiger partial charge in [-0.25, -0.2) is 0 Å². The normalized spacial score (nSPS) is 15.4. The van der Waals surface area contributed by atoms with Gasteiger partial charge < -0.3 is 9.64 Å². The van der Waals surface area contributed by atoms with Crippen LogP contribution in [-0.2, 0) is 4.74 Å². The topological polar surface area (TPSA) is 73.1 Å². The zero-order valence-electron chi connectivity index (χ0n) is 21.9. The number of nitrogens with zero attached hydrogens (tertiary/aromatic N) is 4. The predicted molar refractivity (Wildman–Crippen MR) is 161 cm³/mol. The van der Waals surface area contributed by atoms with Crippen LogP contribution in [0.2, 0.25) is 0 Å². The Balaban J connectivity index is 1.18. The first kappa shape index (κ1) is 23.7. The van der Waals surface area contributed by atoms with Crippen LogP contribution < -0.4 is 4.90 Å². The van der Waals surface area contributed by atoms with Crippen molar-refractivity contribution in [1.82, 2.24) is 25.3 Å². The summed E-state index contributed by atoms with van der Waals surface area (Å²) in [6.45, 7) is 5.56. The van der Waals surface area contributed by atoms with Gasteiger partial charge in [-0.3, -0.25) is 15.1 Å². The van der Waals surface area contributed by atoms with E-state index in [0.717, 1.165) is 61.2 Å². The number of aromatic nitrogens is 4. The first-order valence-electron chi connectivity index (χ1n) is 13.7. The van der Waals surface area contributed by atoms with Crippen LogP contribution in [-0.4, -0.2) is 64.7 Å². The highest BCUT2D eigenvalue weighted by Gasteiger charge is 2.25. The lowest BCUT2D eigenvalue weighted by Crippen LogP contribution is -2.41. The summed E-state index contributed by atoms with van der Waals surface area (Å²) in [7, 11) is 0. The maximum Gasteiger partial charge on any atom is 0.0650 e. The van der Waals surface area contributed by atoms with Crippen molar-refractivity contribution in [3.63, 3.8) is 0 Å². The molecule has 2 aromatic heterocycles. The maximum atomic E-state index is 5.59. The molecule has 7 nitrogen and oxygen atoms in total. The van der Waals surface area contributed by atoms with Crippen LogP contribution in [0.1, 0.15) is 0 Å². The average Bonchev–Trinajstić information content (AvgIpc) is 3.68. The Kier molecular flexibility index (Phi) is 5.83. The highest BCUT2D eigenvalue weighted by molar-refractivity contribution is 7.99. The average molecular weight is 545 g/mol. The van der Waals surface area contributed by atoms with Gasteiger partial charge in [-0.1, -0.05) is 36.0 Å². The number of morpholine rings is 1. The van der Waals surface area contributed by atoms with Crippen molar-refractivity contribution in [1.29, 1.82) is 0 Å². The number of ether oxygens (including phenoxy) is 1. The fraction of sp³-hybridized carbons (Fsp3) is 0.188.